The number of amides is 3. The number of aromatic nitrogens is 7. The molecule has 4 aromatic heterocycles. The highest BCUT2D eigenvalue weighted by Crippen LogP contribution is 2.37. The first kappa shape index (κ1) is 45.1. The van der Waals surface area contributed by atoms with E-state index >= 15 is 4.39 Å². The first-order valence-corrected chi connectivity index (χ1v) is 21.9. The molecule has 7 heterocycles. The smallest absolute Gasteiger partial charge is 0.377 e. The summed E-state index contributed by atoms with van der Waals surface area (Å²) in [6, 6.07) is 4.75. The summed E-state index contributed by atoms with van der Waals surface area (Å²) in [4.78, 5) is 45.2. The minimum atomic E-state index is -4.59. The monoisotopic (exact) mass is 923 g/mol. The number of carbonyl (C=O) groups excluding carboxylic acids is 3. The van der Waals surface area contributed by atoms with Crippen LogP contribution in [0.4, 0.5) is 37.8 Å². The van der Waals surface area contributed by atoms with Crippen molar-refractivity contribution in [2.24, 2.45) is 13.0 Å². The van der Waals surface area contributed by atoms with Crippen LogP contribution >= 0.6 is 0 Å². The molecular formula is C44H47F6N11O5. The second-order valence-electron chi connectivity index (χ2n) is 17.2. The van der Waals surface area contributed by atoms with Crippen molar-refractivity contribution in [3.8, 4) is 11.8 Å². The Hall–Kier alpha value is -6.05. The van der Waals surface area contributed by atoms with Crippen LogP contribution in [-0.2, 0) is 26.1 Å². The summed E-state index contributed by atoms with van der Waals surface area (Å²) < 4.78 is 101. The van der Waals surface area contributed by atoms with Crippen LogP contribution in [0.3, 0.4) is 0 Å². The Balaban J connectivity index is 0.764. The maximum absolute atomic E-state index is 15.5. The molecule has 3 amide bonds. The molecule has 1 saturated carbocycles. The number of carbonyl (C=O) groups is 3. The minimum Gasteiger partial charge on any atom is -0.377 e. The van der Waals surface area contributed by atoms with E-state index in [1.807, 2.05) is 18.2 Å². The van der Waals surface area contributed by atoms with Gasteiger partial charge in [0.25, 0.3) is 12.3 Å². The van der Waals surface area contributed by atoms with E-state index in [4.69, 9.17) is 9.47 Å². The molecule has 4 fully saturated rings. The van der Waals surface area contributed by atoms with Crippen molar-refractivity contribution in [3.05, 3.63) is 65.4 Å². The van der Waals surface area contributed by atoms with Gasteiger partial charge in [-0.2, -0.15) is 28.5 Å². The number of piperidine rings is 2. The predicted octanol–water partition coefficient (Wildman–Crippen LogP) is 5.50. The normalized spacial score (nSPS) is 24.5. The molecule has 9 rings (SSSR count). The van der Waals surface area contributed by atoms with Gasteiger partial charge < -0.3 is 19.7 Å². The van der Waals surface area contributed by atoms with Gasteiger partial charge in [0.05, 0.1) is 59.9 Å². The summed E-state index contributed by atoms with van der Waals surface area (Å²) in [7, 11) is 1.77. The lowest BCUT2D eigenvalue weighted by molar-refractivity contribution is -0.167. The number of ether oxygens (including phenoxy) is 2. The van der Waals surface area contributed by atoms with Crippen LogP contribution in [0, 0.1) is 17.8 Å². The number of hydrogen-bond acceptors (Lipinski definition) is 11. The average Bonchev–Trinajstić information content (AvgIpc) is 4.01. The minimum absolute atomic E-state index is 0.0260. The van der Waals surface area contributed by atoms with Gasteiger partial charge in [-0.3, -0.25) is 34.0 Å². The van der Waals surface area contributed by atoms with Gasteiger partial charge in [0.1, 0.15) is 30.2 Å². The molecule has 1 aliphatic carbocycles. The summed E-state index contributed by atoms with van der Waals surface area (Å²) in [5.41, 5.74) is 1.04. The molecule has 66 heavy (non-hydrogen) atoms. The number of para-hydroxylation sites is 1. The fourth-order valence-electron chi connectivity index (χ4n) is 9.58. The third kappa shape index (κ3) is 9.33. The number of imide groups is 1. The highest BCUT2D eigenvalue weighted by Gasteiger charge is 2.46. The Morgan fingerprint density at radius 1 is 1.08 bits per heavy atom. The molecule has 2 N–H and O–H groups in total. The average molecular weight is 924 g/mol. The first-order chi connectivity index (χ1) is 31.7. The van der Waals surface area contributed by atoms with Gasteiger partial charge in [-0.05, 0) is 56.6 Å². The first-order valence-electron chi connectivity index (χ1n) is 21.9. The number of hydrogen-bond donors (Lipinski definition) is 2. The number of alkyl halides is 6. The highest BCUT2D eigenvalue weighted by molar-refractivity contribution is 6.08. The third-order valence-electron chi connectivity index (χ3n) is 12.9. The van der Waals surface area contributed by atoms with Crippen LogP contribution in [0.15, 0.2) is 42.9 Å². The maximum Gasteiger partial charge on any atom is 0.411 e. The largest absolute Gasteiger partial charge is 0.411 e. The van der Waals surface area contributed by atoms with Gasteiger partial charge in [-0.15, -0.1) is 0 Å². The number of benzene rings is 1. The lowest BCUT2D eigenvalue weighted by Gasteiger charge is -2.38. The highest BCUT2D eigenvalue weighted by atomic mass is 19.4. The van der Waals surface area contributed by atoms with E-state index < -0.39 is 55.0 Å². The van der Waals surface area contributed by atoms with Crippen molar-refractivity contribution in [1.82, 2.24) is 44.4 Å². The van der Waals surface area contributed by atoms with E-state index in [1.54, 1.807) is 11.7 Å². The molecule has 3 saturated heterocycles. The summed E-state index contributed by atoms with van der Waals surface area (Å²) in [5.74, 6) is 4.32. The van der Waals surface area contributed by atoms with Crippen LogP contribution in [0.25, 0.3) is 16.6 Å². The molecule has 22 heteroatoms. The van der Waals surface area contributed by atoms with Crippen LogP contribution < -0.4 is 15.5 Å². The van der Waals surface area contributed by atoms with Crippen molar-refractivity contribution in [3.63, 3.8) is 0 Å². The second-order valence-corrected chi connectivity index (χ2v) is 17.2. The van der Waals surface area contributed by atoms with Crippen LogP contribution in [0.2, 0.25) is 0 Å². The Morgan fingerprint density at radius 3 is 2.65 bits per heavy atom. The lowest BCUT2D eigenvalue weighted by atomic mass is 9.85. The molecule has 4 atom stereocenters. The maximum atomic E-state index is 15.5. The van der Waals surface area contributed by atoms with E-state index in [-0.39, 0.29) is 79.2 Å². The van der Waals surface area contributed by atoms with E-state index in [2.05, 4.69) is 47.7 Å². The van der Waals surface area contributed by atoms with Crippen LogP contribution in [0.5, 0.6) is 0 Å². The molecule has 4 aliphatic rings. The van der Waals surface area contributed by atoms with Crippen molar-refractivity contribution in [1.29, 1.82) is 0 Å². The predicted molar refractivity (Wildman–Crippen MR) is 226 cm³/mol. The Morgan fingerprint density at radius 2 is 1.89 bits per heavy atom. The molecule has 0 spiro atoms. The standard InChI is InChI=1S/C44H47F6N11O5/c1-57-39-26(4-2-6-28(39)37(55-57)29-11-12-36(62)54-42(29)63)5-3-18-66-33-13-15-58(22-31(33)45)21-25-7-9-27(10-8-25)61-23-32(38(56-61)40(46)47)52-43(64)30-20-51-60-16-14-35(53-41(30)60)59-17-19-65-24-34(59)44(48,49)50/h2,4,6,14,16,20,23,25,27,29,31,33-34,40H,7-13,15,17-19,21-22,24H2,1H3,(H,52,64)(H,54,62,63)/t25?,27?,29?,31-,33+,34+/m1/s1. The van der Waals surface area contributed by atoms with E-state index in [0.29, 0.717) is 50.0 Å². The van der Waals surface area contributed by atoms with Crippen molar-refractivity contribution in [2.45, 2.75) is 87.8 Å². The molecule has 0 bridgehead atoms. The zero-order chi connectivity index (χ0) is 46.3. The van der Waals surface area contributed by atoms with Gasteiger partial charge >= 0.3 is 6.18 Å². The molecule has 3 aliphatic heterocycles. The molecule has 1 aromatic carbocycles. The van der Waals surface area contributed by atoms with E-state index in [1.165, 1.54) is 33.9 Å². The molecule has 1 unspecified atom stereocenters. The topological polar surface area (TPSA) is 166 Å². The molecule has 350 valence electrons. The van der Waals surface area contributed by atoms with Gasteiger partial charge in [0.15, 0.2) is 11.3 Å². The quantitative estimate of drug-likeness (QED) is 0.103. The number of likely N-dealkylation sites (tertiary alicyclic amines) is 1. The lowest BCUT2D eigenvalue weighted by Crippen LogP contribution is -2.54. The molecular weight excluding hydrogens is 877 g/mol. The fraction of sp³-hybridized carbons (Fsp3) is 0.523. The summed E-state index contributed by atoms with van der Waals surface area (Å²) in [5, 5.41) is 18.5. The van der Waals surface area contributed by atoms with Gasteiger partial charge in [0, 0.05) is 57.4 Å². The number of anilines is 2. The zero-order valence-electron chi connectivity index (χ0n) is 35.8. The number of nitrogens with one attached hydrogen (secondary N) is 2. The van der Waals surface area contributed by atoms with E-state index in [9.17, 15) is 36.3 Å². The van der Waals surface area contributed by atoms with Crippen LogP contribution in [-0.4, -0.2) is 127 Å². The number of fused-ring (bicyclic) bond motifs is 2. The Bertz CT molecular complexity index is 2680. The number of nitrogens with zero attached hydrogens (tertiary/aromatic N) is 9. The Kier molecular flexibility index (Phi) is 12.8. The van der Waals surface area contributed by atoms with Crippen LogP contribution in [0.1, 0.15) is 90.6 Å². The third-order valence-corrected chi connectivity index (χ3v) is 12.9. The summed E-state index contributed by atoms with van der Waals surface area (Å²) in [6.45, 7) is 0.942. The number of rotatable bonds is 10. The number of halogens is 6. The van der Waals surface area contributed by atoms with Crippen molar-refractivity contribution < 1.29 is 50.2 Å². The van der Waals surface area contributed by atoms with Gasteiger partial charge in [-0.1, -0.05) is 24.0 Å². The van der Waals surface area contributed by atoms with Gasteiger partial charge in [0.2, 0.25) is 11.8 Å². The van der Waals surface area contributed by atoms with Gasteiger partial charge in [-0.25, -0.2) is 22.7 Å². The molecule has 5 aromatic rings. The zero-order valence-corrected chi connectivity index (χ0v) is 35.8. The Labute approximate surface area is 373 Å². The second kappa shape index (κ2) is 18.7. The van der Waals surface area contributed by atoms with Crippen molar-refractivity contribution >= 4 is 45.8 Å². The van der Waals surface area contributed by atoms with Crippen molar-refractivity contribution in [2.75, 3.05) is 56.2 Å². The molecule has 16 nitrogen and oxygen atoms in total. The fourth-order valence-corrected chi connectivity index (χ4v) is 9.58. The summed E-state index contributed by atoms with van der Waals surface area (Å²) in [6.07, 6.45) is -1.63. The number of aryl methyl sites for hydroxylation is 1. The SMILES string of the molecule is Cn1nc(C2CCC(=O)NC2=O)c2cccc(C#CCO[C@H]3CCN(CC4CCC(n5cc(NC(=O)c6cnn7ccc(N8CCOC[C@H]8C(F)(F)F)nc67)c(C(F)F)n5)CC4)C[C@H]3F)c21. The summed E-state index contributed by atoms with van der Waals surface area (Å²) >= 11 is 0. The molecule has 0 radical (unpaired) electrons. The number of morpholine rings is 1. The van der Waals surface area contributed by atoms with E-state index in [0.717, 1.165) is 28.6 Å².